The zero-order valence-electron chi connectivity index (χ0n) is 28.2. The summed E-state index contributed by atoms with van der Waals surface area (Å²) in [4.78, 5) is 38.3. The van der Waals surface area contributed by atoms with Crippen molar-refractivity contribution in [1.29, 1.82) is 0 Å². The maximum Gasteiger partial charge on any atom is 0.269 e. The number of fused-ring (bicyclic) bond motifs is 2. The SMILES string of the molecule is COc1cc2c(Oc3ccc(NC(=O)c4cc5cccnc5n(-c5ccc(Br)cc5F)c4=O)cc3F)ccnc2cc1OCCCN1CCCCC1. The molecule has 7 rings (SSSR count). The van der Waals surface area contributed by atoms with Crippen molar-refractivity contribution in [2.24, 2.45) is 0 Å². The van der Waals surface area contributed by atoms with Gasteiger partial charge in [0.2, 0.25) is 0 Å². The van der Waals surface area contributed by atoms with Crippen LogP contribution >= 0.6 is 15.9 Å². The second kappa shape index (κ2) is 15.5. The average molecular weight is 771 g/mol. The fourth-order valence-corrected chi connectivity index (χ4v) is 6.65. The number of nitrogens with one attached hydrogen (secondary N) is 1. The van der Waals surface area contributed by atoms with Crippen LogP contribution in [0.5, 0.6) is 23.0 Å². The summed E-state index contributed by atoms with van der Waals surface area (Å²) in [6, 6.07) is 17.9. The van der Waals surface area contributed by atoms with E-state index in [2.05, 4.69) is 36.1 Å². The fraction of sp³-hybridized carbons (Fsp3) is 0.231. The molecule has 4 heterocycles. The van der Waals surface area contributed by atoms with Crippen LogP contribution in [0.1, 0.15) is 36.0 Å². The number of hydrogen-bond acceptors (Lipinski definition) is 8. The number of nitrogens with zero attached hydrogens (tertiary/aromatic N) is 4. The number of benzene rings is 3. The van der Waals surface area contributed by atoms with E-state index >= 15 is 8.78 Å². The van der Waals surface area contributed by atoms with E-state index in [0.717, 1.165) is 36.7 Å². The summed E-state index contributed by atoms with van der Waals surface area (Å²) >= 11 is 3.22. The van der Waals surface area contributed by atoms with Crippen molar-refractivity contribution in [3.8, 4) is 28.7 Å². The monoisotopic (exact) mass is 769 g/mol. The molecular formula is C39H34BrF2N5O5. The van der Waals surface area contributed by atoms with Crippen LogP contribution in [0.4, 0.5) is 14.5 Å². The van der Waals surface area contributed by atoms with Crippen LogP contribution < -0.4 is 25.1 Å². The number of ether oxygens (including phenoxy) is 3. The van der Waals surface area contributed by atoms with Gasteiger partial charge in [0.1, 0.15) is 22.8 Å². The largest absolute Gasteiger partial charge is 0.493 e. The lowest BCUT2D eigenvalue weighted by molar-refractivity contribution is 0.102. The molecule has 0 spiro atoms. The lowest BCUT2D eigenvalue weighted by Crippen LogP contribution is -2.31. The van der Waals surface area contributed by atoms with E-state index in [9.17, 15) is 9.59 Å². The Labute approximate surface area is 306 Å². The van der Waals surface area contributed by atoms with Gasteiger partial charge in [0, 0.05) is 52.0 Å². The first kappa shape index (κ1) is 35.0. The second-order valence-corrected chi connectivity index (χ2v) is 13.3. The summed E-state index contributed by atoms with van der Waals surface area (Å²) in [5, 5.41) is 3.59. The Bertz CT molecular complexity index is 2350. The predicted molar refractivity (Wildman–Crippen MR) is 198 cm³/mol. The van der Waals surface area contributed by atoms with Crippen molar-refractivity contribution in [1.82, 2.24) is 19.4 Å². The van der Waals surface area contributed by atoms with Gasteiger partial charge < -0.3 is 24.4 Å². The average Bonchev–Trinajstić information content (AvgIpc) is 3.15. The Balaban J connectivity index is 1.09. The number of hydrogen-bond donors (Lipinski definition) is 1. The van der Waals surface area contributed by atoms with Gasteiger partial charge in [0.05, 0.1) is 24.9 Å². The number of likely N-dealkylation sites (tertiary alicyclic amines) is 1. The molecule has 52 heavy (non-hydrogen) atoms. The number of amides is 1. The standard InChI is InChI=1S/C39H34BrF2N5O5/c1-50-35-22-27-31(23-36(35)51-18-6-17-46-15-3-2-4-16-46)43-14-12-33(27)52-34-11-9-26(21-30(34)42)45-38(48)28-19-24-7-5-13-44-37(24)47(39(28)49)32-10-8-25(40)20-29(32)41/h5,7-14,19-23H,2-4,6,15-18H2,1H3,(H,45,48). The Kier molecular flexibility index (Phi) is 10.4. The van der Waals surface area contributed by atoms with E-state index in [4.69, 9.17) is 14.2 Å². The Morgan fingerprint density at radius 1 is 0.885 bits per heavy atom. The summed E-state index contributed by atoms with van der Waals surface area (Å²) in [5.41, 5.74) is -0.334. The van der Waals surface area contributed by atoms with Crippen molar-refractivity contribution in [2.45, 2.75) is 25.7 Å². The molecule has 0 radical (unpaired) electrons. The number of anilines is 1. The van der Waals surface area contributed by atoms with Crippen LogP contribution in [0.25, 0.3) is 27.6 Å². The first-order chi connectivity index (χ1) is 25.3. The maximum absolute atomic E-state index is 15.5. The van der Waals surface area contributed by atoms with E-state index in [1.807, 2.05) is 0 Å². The van der Waals surface area contributed by atoms with Crippen molar-refractivity contribution in [2.75, 3.05) is 38.7 Å². The minimum absolute atomic E-state index is 0.0743. The molecule has 1 aliphatic heterocycles. The van der Waals surface area contributed by atoms with Crippen molar-refractivity contribution < 1.29 is 27.8 Å². The summed E-state index contributed by atoms with van der Waals surface area (Å²) in [6.07, 6.45) is 7.69. The molecule has 0 saturated carbocycles. The molecule has 0 bridgehead atoms. The fourth-order valence-electron chi connectivity index (χ4n) is 6.31. The van der Waals surface area contributed by atoms with E-state index in [0.29, 0.717) is 44.6 Å². The Hall–Kier alpha value is -5.40. The van der Waals surface area contributed by atoms with Crippen molar-refractivity contribution in [3.63, 3.8) is 0 Å². The Morgan fingerprint density at radius 2 is 1.73 bits per heavy atom. The smallest absolute Gasteiger partial charge is 0.269 e. The third kappa shape index (κ3) is 7.46. The van der Waals surface area contributed by atoms with Crippen molar-refractivity contribution >= 4 is 49.5 Å². The van der Waals surface area contributed by atoms with E-state index in [1.165, 1.54) is 55.8 Å². The van der Waals surface area contributed by atoms with Gasteiger partial charge in [-0.05, 0) is 93.0 Å². The number of carbonyl (C=O) groups excluding carboxylic acids is 1. The molecular weight excluding hydrogens is 736 g/mol. The molecule has 266 valence electrons. The maximum atomic E-state index is 15.5. The third-order valence-corrected chi connectivity index (χ3v) is 9.37. The topological polar surface area (TPSA) is 108 Å². The van der Waals surface area contributed by atoms with Crippen LogP contribution in [0.2, 0.25) is 0 Å². The van der Waals surface area contributed by atoms with Gasteiger partial charge in [0.15, 0.2) is 23.1 Å². The third-order valence-electron chi connectivity index (χ3n) is 8.88. The van der Waals surface area contributed by atoms with Gasteiger partial charge in [-0.2, -0.15) is 0 Å². The highest BCUT2D eigenvalue weighted by Gasteiger charge is 2.21. The minimum atomic E-state index is -0.813. The van der Waals surface area contributed by atoms with Gasteiger partial charge in [-0.3, -0.25) is 19.1 Å². The number of pyridine rings is 3. The molecule has 6 aromatic rings. The van der Waals surface area contributed by atoms with Gasteiger partial charge in [-0.25, -0.2) is 13.8 Å². The van der Waals surface area contributed by atoms with Crippen LogP contribution in [0.15, 0.2) is 94.5 Å². The highest BCUT2D eigenvalue weighted by Crippen LogP contribution is 2.38. The molecule has 1 saturated heterocycles. The number of aromatic nitrogens is 3. The van der Waals surface area contributed by atoms with Crippen LogP contribution in [-0.4, -0.2) is 58.7 Å². The quantitative estimate of drug-likeness (QED) is 0.131. The van der Waals surface area contributed by atoms with Crippen molar-refractivity contribution in [3.05, 3.63) is 117 Å². The first-order valence-corrected chi connectivity index (χ1v) is 17.7. The molecule has 10 nitrogen and oxygen atoms in total. The number of carbonyl (C=O) groups is 1. The summed E-state index contributed by atoms with van der Waals surface area (Å²) in [5.74, 6) is -0.985. The summed E-state index contributed by atoms with van der Waals surface area (Å²) in [7, 11) is 1.55. The Morgan fingerprint density at radius 3 is 2.52 bits per heavy atom. The zero-order valence-corrected chi connectivity index (χ0v) is 29.8. The number of methoxy groups -OCH3 is 1. The molecule has 3 aromatic carbocycles. The molecule has 0 aliphatic carbocycles. The molecule has 1 N–H and O–H groups in total. The van der Waals surface area contributed by atoms with Crippen LogP contribution in [0, 0.1) is 11.6 Å². The van der Waals surface area contributed by atoms with E-state index in [-0.39, 0.29) is 28.3 Å². The van der Waals surface area contributed by atoms with Gasteiger partial charge in [-0.1, -0.05) is 22.4 Å². The van der Waals surface area contributed by atoms with E-state index in [1.54, 1.807) is 49.7 Å². The first-order valence-electron chi connectivity index (χ1n) is 16.9. The molecule has 3 aromatic heterocycles. The normalized spacial score (nSPS) is 13.3. The number of piperidine rings is 1. The summed E-state index contributed by atoms with van der Waals surface area (Å²) < 4.78 is 49.7. The minimum Gasteiger partial charge on any atom is -0.493 e. The number of halogens is 3. The summed E-state index contributed by atoms with van der Waals surface area (Å²) in [6.45, 7) is 3.77. The zero-order chi connectivity index (χ0) is 36.2. The molecule has 13 heteroatoms. The van der Waals surface area contributed by atoms with Gasteiger partial charge in [-0.15, -0.1) is 0 Å². The van der Waals surface area contributed by atoms with Crippen LogP contribution in [0.3, 0.4) is 0 Å². The lowest BCUT2D eigenvalue weighted by atomic mass is 10.1. The van der Waals surface area contributed by atoms with E-state index < -0.39 is 23.1 Å². The lowest BCUT2D eigenvalue weighted by Gasteiger charge is -2.26. The molecule has 1 fully saturated rings. The predicted octanol–water partition coefficient (Wildman–Crippen LogP) is 8.28. The molecule has 1 amide bonds. The highest BCUT2D eigenvalue weighted by atomic mass is 79.9. The molecule has 1 aliphatic rings. The number of rotatable bonds is 11. The second-order valence-electron chi connectivity index (χ2n) is 12.3. The highest BCUT2D eigenvalue weighted by molar-refractivity contribution is 9.10. The molecule has 0 unspecified atom stereocenters. The van der Waals surface area contributed by atoms with Crippen LogP contribution in [-0.2, 0) is 0 Å². The van der Waals surface area contributed by atoms with Gasteiger partial charge in [0.25, 0.3) is 11.5 Å². The molecule has 0 atom stereocenters. The van der Waals surface area contributed by atoms with Gasteiger partial charge >= 0.3 is 0 Å².